The first-order chi connectivity index (χ1) is 16.8. The van der Waals surface area contributed by atoms with Crippen LogP contribution in [0.4, 0.5) is 5.69 Å². The molecule has 2 amide bonds. The van der Waals surface area contributed by atoms with Crippen LogP contribution in [0.2, 0.25) is 0 Å². The van der Waals surface area contributed by atoms with Crippen LogP contribution < -0.4 is 4.90 Å². The maximum Gasteiger partial charge on any atom is 0.253 e. The molecule has 0 radical (unpaired) electrons. The Balaban J connectivity index is 1.71. The number of aryl methyl sites for hydroxylation is 1. The van der Waals surface area contributed by atoms with Gasteiger partial charge in [0.15, 0.2) is 5.82 Å². The molecule has 0 aliphatic heterocycles. The van der Waals surface area contributed by atoms with Crippen molar-refractivity contribution in [2.24, 2.45) is 0 Å². The van der Waals surface area contributed by atoms with Crippen LogP contribution in [0.5, 0.6) is 0 Å². The van der Waals surface area contributed by atoms with E-state index in [4.69, 9.17) is 0 Å². The zero-order valence-corrected chi connectivity index (χ0v) is 19.9. The minimum absolute atomic E-state index is 0.00103. The lowest BCUT2D eigenvalue weighted by Gasteiger charge is -2.24. The molecular formula is C28H26N4O3. The molecule has 4 aromatic rings. The van der Waals surface area contributed by atoms with Gasteiger partial charge in [-0.3, -0.25) is 14.4 Å². The normalized spacial score (nSPS) is 10.7. The van der Waals surface area contributed by atoms with Crippen LogP contribution in [0.15, 0.2) is 79.1 Å². The van der Waals surface area contributed by atoms with Crippen LogP contribution >= 0.6 is 0 Å². The third-order valence-electron chi connectivity index (χ3n) is 5.75. The lowest BCUT2D eigenvalue weighted by atomic mass is 10.0. The molecule has 4 rings (SSSR count). The fourth-order valence-corrected chi connectivity index (χ4v) is 3.85. The van der Waals surface area contributed by atoms with Crippen molar-refractivity contribution in [2.75, 3.05) is 19.0 Å². The summed E-state index contributed by atoms with van der Waals surface area (Å²) in [7, 11) is 3.37. The maximum absolute atomic E-state index is 13.4. The molecule has 1 aromatic heterocycles. The van der Waals surface area contributed by atoms with E-state index >= 15 is 0 Å². The molecule has 0 bridgehead atoms. The van der Waals surface area contributed by atoms with E-state index in [1.165, 1.54) is 22.2 Å². The standard InChI is InChI=1S/C28H26N4O3/c1-19-9-12-23(16-24(19)28(35)31(2)3)32(26(34)17-25(33)27-29-13-6-14-30-27)18-20-10-11-21-7-4-5-8-22(21)15-20/h4-16H,17-18H2,1-3H3. The average Bonchev–Trinajstić information content (AvgIpc) is 2.87. The zero-order valence-electron chi connectivity index (χ0n) is 19.9. The van der Waals surface area contributed by atoms with E-state index in [1.807, 2.05) is 55.5 Å². The molecule has 0 aliphatic rings. The number of carbonyl (C=O) groups is 3. The van der Waals surface area contributed by atoms with Gasteiger partial charge in [0.1, 0.15) is 0 Å². The van der Waals surface area contributed by atoms with E-state index < -0.39 is 11.7 Å². The lowest BCUT2D eigenvalue weighted by molar-refractivity contribution is -0.117. The number of ketones is 1. The van der Waals surface area contributed by atoms with Gasteiger partial charge >= 0.3 is 0 Å². The quantitative estimate of drug-likeness (QED) is 0.297. The molecule has 3 aromatic carbocycles. The summed E-state index contributed by atoms with van der Waals surface area (Å²) >= 11 is 0. The van der Waals surface area contributed by atoms with Crippen LogP contribution in [0.1, 0.15) is 38.5 Å². The summed E-state index contributed by atoms with van der Waals surface area (Å²) in [6.07, 6.45) is 2.55. The van der Waals surface area contributed by atoms with Gasteiger partial charge in [-0.25, -0.2) is 9.97 Å². The number of hydrogen-bond donors (Lipinski definition) is 0. The summed E-state index contributed by atoms with van der Waals surface area (Å²) in [5, 5.41) is 2.15. The molecule has 0 aliphatic carbocycles. The molecule has 0 atom stereocenters. The van der Waals surface area contributed by atoms with E-state index in [1.54, 1.807) is 32.3 Å². The van der Waals surface area contributed by atoms with Crippen molar-refractivity contribution in [3.8, 4) is 0 Å². The number of benzene rings is 3. The van der Waals surface area contributed by atoms with Gasteiger partial charge in [-0.15, -0.1) is 0 Å². The van der Waals surface area contributed by atoms with Gasteiger partial charge in [0.25, 0.3) is 5.91 Å². The third-order valence-corrected chi connectivity index (χ3v) is 5.75. The fourth-order valence-electron chi connectivity index (χ4n) is 3.85. The highest BCUT2D eigenvalue weighted by Gasteiger charge is 2.23. The van der Waals surface area contributed by atoms with E-state index in [9.17, 15) is 14.4 Å². The third kappa shape index (κ3) is 5.41. The van der Waals surface area contributed by atoms with Crippen molar-refractivity contribution in [3.63, 3.8) is 0 Å². The SMILES string of the molecule is Cc1ccc(N(Cc2ccc3ccccc3c2)C(=O)CC(=O)c2ncccn2)cc1C(=O)N(C)C. The molecule has 0 unspecified atom stereocenters. The van der Waals surface area contributed by atoms with E-state index in [0.29, 0.717) is 11.3 Å². The number of rotatable bonds is 7. The number of fused-ring (bicyclic) bond motifs is 1. The first kappa shape index (κ1) is 23.8. The summed E-state index contributed by atoms with van der Waals surface area (Å²) in [6.45, 7) is 2.09. The minimum Gasteiger partial charge on any atom is -0.345 e. The molecule has 176 valence electrons. The van der Waals surface area contributed by atoms with Crippen LogP contribution in [0.3, 0.4) is 0 Å². The predicted octanol–water partition coefficient (Wildman–Crippen LogP) is 4.45. The van der Waals surface area contributed by atoms with Crippen LogP contribution in [-0.2, 0) is 11.3 Å². The molecule has 0 saturated carbocycles. The smallest absolute Gasteiger partial charge is 0.253 e. The molecule has 0 saturated heterocycles. The van der Waals surface area contributed by atoms with Crippen molar-refractivity contribution in [1.82, 2.24) is 14.9 Å². The van der Waals surface area contributed by atoms with E-state index in [-0.39, 0.29) is 24.7 Å². The Bertz CT molecular complexity index is 1400. The van der Waals surface area contributed by atoms with Gasteiger partial charge in [-0.2, -0.15) is 0 Å². The Labute approximate surface area is 204 Å². The second-order valence-electron chi connectivity index (χ2n) is 8.53. The van der Waals surface area contributed by atoms with Crippen molar-refractivity contribution in [2.45, 2.75) is 19.9 Å². The van der Waals surface area contributed by atoms with Crippen LogP contribution in [-0.4, -0.2) is 46.6 Å². The Morgan fingerprint density at radius 3 is 2.26 bits per heavy atom. The highest BCUT2D eigenvalue weighted by atomic mass is 16.2. The zero-order chi connectivity index (χ0) is 24.9. The van der Waals surface area contributed by atoms with E-state index in [2.05, 4.69) is 9.97 Å². The van der Waals surface area contributed by atoms with Gasteiger partial charge in [-0.05, 0) is 53.1 Å². The summed E-state index contributed by atoms with van der Waals surface area (Å²) in [4.78, 5) is 49.9. The number of aromatic nitrogens is 2. The van der Waals surface area contributed by atoms with Gasteiger partial charge in [0.2, 0.25) is 11.7 Å². The maximum atomic E-state index is 13.4. The highest BCUT2D eigenvalue weighted by Crippen LogP contribution is 2.25. The van der Waals surface area contributed by atoms with Crippen molar-refractivity contribution < 1.29 is 14.4 Å². The Kier molecular flexibility index (Phi) is 6.96. The van der Waals surface area contributed by atoms with Gasteiger partial charge in [-0.1, -0.05) is 42.5 Å². The largest absolute Gasteiger partial charge is 0.345 e. The molecular weight excluding hydrogens is 440 g/mol. The summed E-state index contributed by atoms with van der Waals surface area (Å²) in [5.41, 5.74) is 2.75. The minimum atomic E-state index is -0.462. The monoisotopic (exact) mass is 466 g/mol. The van der Waals surface area contributed by atoms with Crippen molar-refractivity contribution in [1.29, 1.82) is 0 Å². The first-order valence-corrected chi connectivity index (χ1v) is 11.2. The highest BCUT2D eigenvalue weighted by molar-refractivity contribution is 6.10. The average molecular weight is 467 g/mol. The number of hydrogen-bond acceptors (Lipinski definition) is 5. The van der Waals surface area contributed by atoms with Crippen molar-refractivity contribution in [3.05, 3.63) is 102 Å². The number of Topliss-reactive ketones (excluding diaryl/α,β-unsaturated/α-hetero) is 1. The van der Waals surface area contributed by atoms with Gasteiger partial charge in [0.05, 0.1) is 13.0 Å². The second kappa shape index (κ2) is 10.3. The summed E-state index contributed by atoms with van der Waals surface area (Å²) in [6, 6.07) is 20.9. The molecule has 35 heavy (non-hydrogen) atoms. The van der Waals surface area contributed by atoms with E-state index in [0.717, 1.165) is 21.9 Å². The fraction of sp³-hybridized carbons (Fsp3) is 0.179. The predicted molar refractivity (Wildman–Crippen MR) is 135 cm³/mol. The molecule has 1 heterocycles. The second-order valence-corrected chi connectivity index (χ2v) is 8.53. The number of amides is 2. The van der Waals surface area contributed by atoms with Crippen molar-refractivity contribution >= 4 is 34.1 Å². The molecule has 0 fully saturated rings. The summed E-state index contributed by atoms with van der Waals surface area (Å²) in [5.74, 6) is -1.02. The molecule has 0 N–H and O–H groups in total. The number of carbonyl (C=O) groups excluding carboxylic acids is 3. The number of anilines is 1. The number of nitrogens with zero attached hydrogens (tertiary/aromatic N) is 4. The Morgan fingerprint density at radius 1 is 0.829 bits per heavy atom. The van der Waals surface area contributed by atoms with Crippen LogP contribution in [0, 0.1) is 6.92 Å². The molecule has 0 spiro atoms. The lowest BCUT2D eigenvalue weighted by Crippen LogP contribution is -2.33. The molecule has 7 heteroatoms. The van der Waals surface area contributed by atoms with Crippen LogP contribution in [0.25, 0.3) is 10.8 Å². The van der Waals surface area contributed by atoms with Gasteiger partial charge < -0.3 is 9.80 Å². The molecule has 7 nitrogen and oxygen atoms in total. The topological polar surface area (TPSA) is 83.5 Å². The van der Waals surface area contributed by atoms with Gasteiger partial charge in [0, 0.05) is 37.7 Å². The first-order valence-electron chi connectivity index (χ1n) is 11.2. The Morgan fingerprint density at radius 2 is 1.54 bits per heavy atom. The summed E-state index contributed by atoms with van der Waals surface area (Å²) < 4.78 is 0. The Hall–Kier alpha value is -4.39.